The maximum absolute atomic E-state index is 12.8. The van der Waals surface area contributed by atoms with Gasteiger partial charge in [0.25, 0.3) is 0 Å². The number of hydrogen-bond donors (Lipinski definition) is 0. The Kier molecular flexibility index (Phi) is 3.84. The van der Waals surface area contributed by atoms with E-state index in [1.807, 2.05) is 42.5 Å². The number of fused-ring (bicyclic) bond motifs is 2. The Morgan fingerprint density at radius 3 is 1.75 bits per heavy atom. The fraction of sp³-hybridized carbons (Fsp3) is 0.0870. The highest BCUT2D eigenvalue weighted by molar-refractivity contribution is 6.10. The zero-order valence-electron chi connectivity index (χ0n) is 13.4. The van der Waals surface area contributed by atoms with Gasteiger partial charge in [-0.2, -0.15) is 0 Å². The van der Waals surface area contributed by atoms with Gasteiger partial charge < -0.3 is 0 Å². The molecule has 1 aliphatic rings. The fourth-order valence-electron chi connectivity index (χ4n) is 3.39. The van der Waals surface area contributed by atoms with Crippen LogP contribution in [-0.4, -0.2) is 5.78 Å². The third-order valence-electron chi connectivity index (χ3n) is 4.61. The van der Waals surface area contributed by atoms with Crippen molar-refractivity contribution in [2.24, 2.45) is 0 Å². The SMILES string of the molecule is O=C(C=C1c2ccccc2CCc2ccccc21)c1ccccc1. The van der Waals surface area contributed by atoms with Crippen LogP contribution < -0.4 is 0 Å². The zero-order chi connectivity index (χ0) is 16.4. The number of rotatable bonds is 2. The fourth-order valence-corrected chi connectivity index (χ4v) is 3.39. The third kappa shape index (κ3) is 2.69. The molecule has 1 heteroatoms. The smallest absolute Gasteiger partial charge is 0.186 e. The number of benzene rings is 3. The lowest BCUT2D eigenvalue weighted by atomic mass is 9.92. The maximum Gasteiger partial charge on any atom is 0.186 e. The Morgan fingerprint density at radius 1 is 0.667 bits per heavy atom. The molecule has 0 N–H and O–H groups in total. The average Bonchev–Trinajstić information content (AvgIpc) is 2.80. The Balaban J connectivity index is 1.90. The minimum atomic E-state index is 0.0529. The summed E-state index contributed by atoms with van der Waals surface area (Å²) in [6.45, 7) is 0. The molecule has 0 aromatic heterocycles. The van der Waals surface area contributed by atoms with Crippen molar-refractivity contribution in [3.05, 3.63) is 113 Å². The van der Waals surface area contributed by atoms with Gasteiger partial charge in [0.15, 0.2) is 5.78 Å². The van der Waals surface area contributed by atoms with Crippen molar-refractivity contribution in [2.75, 3.05) is 0 Å². The van der Waals surface area contributed by atoms with Crippen LogP contribution in [-0.2, 0) is 12.8 Å². The summed E-state index contributed by atoms with van der Waals surface area (Å²) in [6.07, 6.45) is 3.81. The van der Waals surface area contributed by atoms with E-state index in [9.17, 15) is 4.79 Å². The molecule has 0 saturated heterocycles. The van der Waals surface area contributed by atoms with Crippen molar-refractivity contribution in [3.63, 3.8) is 0 Å². The molecule has 1 nitrogen and oxygen atoms in total. The molecule has 4 rings (SSSR count). The summed E-state index contributed by atoms with van der Waals surface area (Å²) in [5.74, 6) is 0.0529. The molecule has 0 aliphatic heterocycles. The Hall–Kier alpha value is -2.93. The summed E-state index contributed by atoms with van der Waals surface area (Å²) < 4.78 is 0. The van der Waals surface area contributed by atoms with Crippen molar-refractivity contribution < 1.29 is 4.79 Å². The van der Waals surface area contributed by atoms with Crippen molar-refractivity contribution in [3.8, 4) is 0 Å². The summed E-state index contributed by atoms with van der Waals surface area (Å²) >= 11 is 0. The molecule has 0 spiro atoms. The molecule has 24 heavy (non-hydrogen) atoms. The number of aryl methyl sites for hydroxylation is 2. The second-order valence-electron chi connectivity index (χ2n) is 6.10. The highest BCUT2D eigenvalue weighted by Gasteiger charge is 2.18. The molecule has 0 heterocycles. The van der Waals surface area contributed by atoms with E-state index in [2.05, 4.69) is 36.4 Å². The quantitative estimate of drug-likeness (QED) is 0.475. The second kappa shape index (κ2) is 6.29. The van der Waals surface area contributed by atoms with Crippen LogP contribution in [0.4, 0.5) is 0 Å². The summed E-state index contributed by atoms with van der Waals surface area (Å²) in [5.41, 5.74) is 6.72. The summed E-state index contributed by atoms with van der Waals surface area (Å²) in [7, 11) is 0. The minimum absolute atomic E-state index is 0.0529. The first kappa shape index (κ1) is 14.6. The lowest BCUT2D eigenvalue weighted by Gasteiger charge is -2.11. The molecule has 0 bridgehead atoms. The topological polar surface area (TPSA) is 17.1 Å². The van der Waals surface area contributed by atoms with Gasteiger partial charge in [-0.25, -0.2) is 0 Å². The lowest BCUT2D eigenvalue weighted by molar-refractivity contribution is 0.104. The molecular formula is C23H18O. The van der Waals surface area contributed by atoms with Crippen molar-refractivity contribution in [2.45, 2.75) is 12.8 Å². The highest BCUT2D eigenvalue weighted by Crippen LogP contribution is 2.33. The zero-order valence-corrected chi connectivity index (χ0v) is 13.4. The van der Waals surface area contributed by atoms with Crippen LogP contribution in [0.5, 0.6) is 0 Å². The largest absolute Gasteiger partial charge is 0.289 e. The number of carbonyl (C=O) groups is 1. The molecule has 0 amide bonds. The van der Waals surface area contributed by atoms with E-state index in [0.29, 0.717) is 0 Å². The van der Waals surface area contributed by atoms with Gasteiger partial charge in [-0.1, -0.05) is 78.9 Å². The van der Waals surface area contributed by atoms with Gasteiger partial charge in [0.2, 0.25) is 0 Å². The van der Waals surface area contributed by atoms with Crippen LogP contribution >= 0.6 is 0 Å². The van der Waals surface area contributed by atoms with E-state index in [-0.39, 0.29) is 5.78 Å². The van der Waals surface area contributed by atoms with Gasteiger partial charge in [-0.15, -0.1) is 0 Å². The van der Waals surface area contributed by atoms with Gasteiger partial charge in [-0.3, -0.25) is 4.79 Å². The van der Waals surface area contributed by atoms with Crippen LogP contribution in [0.1, 0.15) is 32.6 Å². The first-order valence-electron chi connectivity index (χ1n) is 8.30. The normalized spacial score (nSPS) is 12.8. The van der Waals surface area contributed by atoms with Gasteiger partial charge in [0, 0.05) is 5.56 Å². The van der Waals surface area contributed by atoms with E-state index >= 15 is 0 Å². The molecule has 0 unspecified atom stereocenters. The van der Waals surface area contributed by atoms with Gasteiger partial charge in [0.05, 0.1) is 0 Å². The van der Waals surface area contributed by atoms with Crippen LogP contribution in [0.3, 0.4) is 0 Å². The molecule has 0 fully saturated rings. The van der Waals surface area contributed by atoms with E-state index < -0.39 is 0 Å². The molecule has 116 valence electrons. The van der Waals surface area contributed by atoms with Gasteiger partial charge >= 0.3 is 0 Å². The van der Waals surface area contributed by atoms with Crippen molar-refractivity contribution >= 4 is 11.4 Å². The first-order chi connectivity index (χ1) is 11.8. The summed E-state index contributed by atoms with van der Waals surface area (Å²) in [5, 5.41) is 0. The molecular weight excluding hydrogens is 292 g/mol. The summed E-state index contributed by atoms with van der Waals surface area (Å²) in [6, 6.07) is 26.3. The number of carbonyl (C=O) groups excluding carboxylic acids is 1. The molecule has 0 saturated carbocycles. The standard InChI is InChI=1S/C23H18O/c24-23(19-10-2-1-3-11-19)16-22-20-12-6-4-8-17(20)14-15-18-9-5-7-13-21(18)22/h1-13,16H,14-15H2. The molecule has 0 atom stereocenters. The predicted octanol–water partition coefficient (Wildman–Crippen LogP) is 5.10. The van der Waals surface area contributed by atoms with Gasteiger partial charge in [-0.05, 0) is 46.7 Å². The van der Waals surface area contributed by atoms with Crippen LogP contribution in [0, 0.1) is 0 Å². The second-order valence-corrected chi connectivity index (χ2v) is 6.10. The number of ketones is 1. The van der Waals surface area contributed by atoms with E-state index in [4.69, 9.17) is 0 Å². The third-order valence-corrected chi connectivity index (χ3v) is 4.61. The first-order valence-corrected chi connectivity index (χ1v) is 8.30. The molecule has 3 aromatic carbocycles. The lowest BCUT2D eigenvalue weighted by Crippen LogP contribution is -1.99. The Bertz CT molecular complexity index is 870. The minimum Gasteiger partial charge on any atom is -0.289 e. The van der Waals surface area contributed by atoms with Crippen LogP contribution in [0.2, 0.25) is 0 Å². The average molecular weight is 310 g/mol. The van der Waals surface area contributed by atoms with Crippen molar-refractivity contribution in [1.82, 2.24) is 0 Å². The van der Waals surface area contributed by atoms with E-state index in [0.717, 1.165) is 24.0 Å². The van der Waals surface area contributed by atoms with E-state index in [1.54, 1.807) is 6.08 Å². The Labute approximate surface area is 142 Å². The highest BCUT2D eigenvalue weighted by atomic mass is 16.1. The predicted molar refractivity (Wildman–Crippen MR) is 98.1 cm³/mol. The molecule has 0 radical (unpaired) electrons. The Morgan fingerprint density at radius 2 is 1.17 bits per heavy atom. The van der Waals surface area contributed by atoms with Crippen LogP contribution in [0.15, 0.2) is 84.9 Å². The van der Waals surface area contributed by atoms with E-state index in [1.165, 1.54) is 22.3 Å². The monoisotopic (exact) mass is 310 g/mol. The molecule has 1 aliphatic carbocycles. The van der Waals surface area contributed by atoms with Crippen LogP contribution in [0.25, 0.3) is 5.57 Å². The van der Waals surface area contributed by atoms with Gasteiger partial charge in [0.1, 0.15) is 0 Å². The molecule has 3 aromatic rings. The maximum atomic E-state index is 12.8. The number of hydrogen-bond acceptors (Lipinski definition) is 1. The summed E-state index contributed by atoms with van der Waals surface area (Å²) in [4.78, 5) is 12.8. The number of allylic oxidation sites excluding steroid dienone is 1. The van der Waals surface area contributed by atoms with Crippen molar-refractivity contribution in [1.29, 1.82) is 0 Å².